The number of aryl methyl sites for hydroxylation is 1. The number of aromatic nitrogens is 2. The molecular weight excluding hydrogens is 252 g/mol. The van der Waals surface area contributed by atoms with Gasteiger partial charge in [-0.1, -0.05) is 11.6 Å². The van der Waals surface area contributed by atoms with Crippen LogP contribution in [0.3, 0.4) is 0 Å². The molecule has 0 aliphatic carbocycles. The molecule has 0 saturated heterocycles. The maximum Gasteiger partial charge on any atom is 0.319 e. The summed E-state index contributed by atoms with van der Waals surface area (Å²) in [5, 5.41) is 12.8. The number of H-pyrrole nitrogens is 1. The summed E-state index contributed by atoms with van der Waals surface area (Å²) in [5.74, 6) is 0. The van der Waals surface area contributed by atoms with Gasteiger partial charge in [0.2, 0.25) is 0 Å². The number of carbonyl (C=O) groups is 1. The molecule has 0 spiro atoms. The molecule has 0 aliphatic heterocycles. The minimum Gasteiger partial charge on any atom is -0.334 e. The minimum atomic E-state index is -0.266. The molecule has 0 aliphatic rings. The Hall–Kier alpha value is -2.01. The van der Waals surface area contributed by atoms with Crippen molar-refractivity contribution in [2.24, 2.45) is 0 Å². The number of urea groups is 1. The number of hydrogen-bond donors (Lipinski definition) is 3. The van der Waals surface area contributed by atoms with Crippen LogP contribution in [0.15, 0.2) is 30.5 Å². The number of carbonyl (C=O) groups excluding carboxylic acids is 1. The van der Waals surface area contributed by atoms with Crippen molar-refractivity contribution in [2.75, 3.05) is 5.32 Å². The Morgan fingerprint density at radius 3 is 2.72 bits per heavy atom. The normalized spacial score (nSPS) is 10.1. The van der Waals surface area contributed by atoms with Crippen molar-refractivity contribution >= 4 is 23.3 Å². The van der Waals surface area contributed by atoms with Crippen LogP contribution in [-0.2, 0) is 6.54 Å². The summed E-state index contributed by atoms with van der Waals surface area (Å²) in [7, 11) is 0. The van der Waals surface area contributed by atoms with E-state index in [1.54, 1.807) is 30.5 Å². The maximum absolute atomic E-state index is 11.6. The Morgan fingerprint density at radius 2 is 2.11 bits per heavy atom. The molecule has 0 unspecified atom stereocenters. The van der Waals surface area contributed by atoms with E-state index in [4.69, 9.17) is 11.6 Å². The molecule has 1 aromatic carbocycles. The molecule has 0 radical (unpaired) electrons. The van der Waals surface area contributed by atoms with Gasteiger partial charge in [-0.3, -0.25) is 5.10 Å². The largest absolute Gasteiger partial charge is 0.334 e. The molecule has 0 saturated carbocycles. The van der Waals surface area contributed by atoms with Crippen LogP contribution in [0.4, 0.5) is 10.5 Å². The van der Waals surface area contributed by atoms with Crippen molar-refractivity contribution in [3.05, 3.63) is 46.7 Å². The predicted octanol–water partition coefficient (Wildman–Crippen LogP) is 2.69. The van der Waals surface area contributed by atoms with E-state index in [0.29, 0.717) is 17.3 Å². The molecular formula is C12H13ClN4O. The van der Waals surface area contributed by atoms with Crippen molar-refractivity contribution in [3.63, 3.8) is 0 Å². The highest BCUT2D eigenvalue weighted by Gasteiger charge is 2.04. The zero-order valence-electron chi connectivity index (χ0n) is 9.83. The Bertz CT molecular complexity index is 535. The number of aromatic amines is 1. The van der Waals surface area contributed by atoms with Gasteiger partial charge in [0.25, 0.3) is 0 Å². The van der Waals surface area contributed by atoms with Gasteiger partial charge in [-0.25, -0.2) is 4.79 Å². The number of anilines is 1. The van der Waals surface area contributed by atoms with Crippen LogP contribution in [0.5, 0.6) is 0 Å². The van der Waals surface area contributed by atoms with Gasteiger partial charge in [-0.2, -0.15) is 5.10 Å². The molecule has 94 valence electrons. The Balaban J connectivity index is 1.86. The van der Waals surface area contributed by atoms with Gasteiger partial charge in [0.1, 0.15) is 0 Å². The fourth-order valence-electron chi connectivity index (χ4n) is 1.44. The lowest BCUT2D eigenvalue weighted by molar-refractivity contribution is 0.251. The maximum atomic E-state index is 11.6. The lowest BCUT2D eigenvalue weighted by atomic mass is 10.3. The van der Waals surface area contributed by atoms with Gasteiger partial charge in [0, 0.05) is 28.5 Å². The first kappa shape index (κ1) is 12.4. The van der Waals surface area contributed by atoms with Crippen molar-refractivity contribution in [1.29, 1.82) is 0 Å². The number of hydrogen-bond acceptors (Lipinski definition) is 2. The van der Waals surface area contributed by atoms with Crippen LogP contribution < -0.4 is 10.6 Å². The summed E-state index contributed by atoms with van der Waals surface area (Å²) >= 11 is 5.76. The smallest absolute Gasteiger partial charge is 0.319 e. The lowest BCUT2D eigenvalue weighted by Crippen LogP contribution is -2.28. The zero-order valence-corrected chi connectivity index (χ0v) is 10.6. The third-order valence-corrected chi connectivity index (χ3v) is 2.73. The van der Waals surface area contributed by atoms with Crippen LogP contribution >= 0.6 is 11.6 Å². The van der Waals surface area contributed by atoms with Crippen LogP contribution in [0.25, 0.3) is 0 Å². The van der Waals surface area contributed by atoms with E-state index in [1.807, 2.05) is 6.92 Å². The second kappa shape index (κ2) is 5.55. The first-order chi connectivity index (χ1) is 8.65. The molecule has 5 nitrogen and oxygen atoms in total. The quantitative estimate of drug-likeness (QED) is 0.798. The van der Waals surface area contributed by atoms with Crippen molar-refractivity contribution < 1.29 is 4.79 Å². The molecule has 0 atom stereocenters. The van der Waals surface area contributed by atoms with Gasteiger partial charge in [-0.05, 0) is 31.2 Å². The van der Waals surface area contributed by atoms with Crippen molar-refractivity contribution in [1.82, 2.24) is 15.5 Å². The lowest BCUT2D eigenvalue weighted by Gasteiger charge is -2.07. The summed E-state index contributed by atoms with van der Waals surface area (Å²) in [5.41, 5.74) is 2.60. The summed E-state index contributed by atoms with van der Waals surface area (Å²) in [6.07, 6.45) is 1.69. The van der Waals surface area contributed by atoms with E-state index in [9.17, 15) is 4.79 Å². The first-order valence-corrected chi connectivity index (χ1v) is 5.82. The third kappa shape index (κ3) is 3.24. The molecule has 6 heteroatoms. The topological polar surface area (TPSA) is 69.8 Å². The molecule has 18 heavy (non-hydrogen) atoms. The standard InChI is InChI=1S/C12H13ClN4O/c1-8-9(7-15-17-8)6-14-12(18)16-11-4-2-10(13)3-5-11/h2-5,7H,6H2,1H3,(H,15,17)(H2,14,16,18). The van der Waals surface area contributed by atoms with Gasteiger partial charge in [0.05, 0.1) is 6.20 Å². The van der Waals surface area contributed by atoms with Crippen LogP contribution in [0.1, 0.15) is 11.3 Å². The third-order valence-electron chi connectivity index (χ3n) is 2.48. The molecule has 0 bridgehead atoms. The number of amides is 2. The number of nitrogens with one attached hydrogen (secondary N) is 3. The second-order valence-electron chi connectivity index (χ2n) is 3.83. The summed E-state index contributed by atoms with van der Waals surface area (Å²) < 4.78 is 0. The number of halogens is 1. The molecule has 2 amide bonds. The number of rotatable bonds is 3. The highest BCUT2D eigenvalue weighted by molar-refractivity contribution is 6.30. The first-order valence-electron chi connectivity index (χ1n) is 5.44. The monoisotopic (exact) mass is 264 g/mol. The molecule has 2 aromatic rings. The van der Waals surface area contributed by atoms with Crippen molar-refractivity contribution in [2.45, 2.75) is 13.5 Å². The zero-order chi connectivity index (χ0) is 13.0. The average Bonchev–Trinajstić information content (AvgIpc) is 2.75. The predicted molar refractivity (Wildman–Crippen MR) is 70.6 cm³/mol. The van der Waals surface area contributed by atoms with E-state index < -0.39 is 0 Å². The molecule has 1 aromatic heterocycles. The van der Waals surface area contributed by atoms with Crippen LogP contribution in [0, 0.1) is 6.92 Å². The van der Waals surface area contributed by atoms with E-state index in [0.717, 1.165) is 11.3 Å². The summed E-state index contributed by atoms with van der Waals surface area (Å²) in [4.78, 5) is 11.6. The highest BCUT2D eigenvalue weighted by atomic mass is 35.5. The SMILES string of the molecule is Cc1[nH]ncc1CNC(=O)Nc1ccc(Cl)cc1. The van der Waals surface area contributed by atoms with Gasteiger partial charge in [0.15, 0.2) is 0 Å². The van der Waals surface area contributed by atoms with Crippen LogP contribution in [0.2, 0.25) is 5.02 Å². The minimum absolute atomic E-state index is 0.266. The molecule has 1 heterocycles. The van der Waals surface area contributed by atoms with Crippen LogP contribution in [-0.4, -0.2) is 16.2 Å². The Morgan fingerprint density at radius 1 is 1.39 bits per heavy atom. The average molecular weight is 265 g/mol. The van der Waals surface area contributed by atoms with E-state index in [2.05, 4.69) is 20.8 Å². The summed E-state index contributed by atoms with van der Waals surface area (Å²) in [6.45, 7) is 2.34. The highest BCUT2D eigenvalue weighted by Crippen LogP contribution is 2.13. The van der Waals surface area contributed by atoms with E-state index in [1.165, 1.54) is 0 Å². The Labute approximate surface area is 110 Å². The number of benzene rings is 1. The molecule has 3 N–H and O–H groups in total. The fraction of sp³-hybridized carbons (Fsp3) is 0.167. The van der Waals surface area contributed by atoms with E-state index in [-0.39, 0.29) is 6.03 Å². The Kier molecular flexibility index (Phi) is 3.84. The van der Waals surface area contributed by atoms with Gasteiger partial charge in [-0.15, -0.1) is 0 Å². The van der Waals surface area contributed by atoms with Gasteiger partial charge < -0.3 is 10.6 Å². The summed E-state index contributed by atoms with van der Waals surface area (Å²) in [6, 6.07) is 6.66. The second-order valence-corrected chi connectivity index (χ2v) is 4.27. The van der Waals surface area contributed by atoms with Crippen molar-refractivity contribution in [3.8, 4) is 0 Å². The van der Waals surface area contributed by atoms with Gasteiger partial charge >= 0.3 is 6.03 Å². The number of nitrogens with zero attached hydrogens (tertiary/aromatic N) is 1. The molecule has 2 rings (SSSR count). The fourth-order valence-corrected chi connectivity index (χ4v) is 1.56. The van der Waals surface area contributed by atoms with E-state index >= 15 is 0 Å². The molecule has 0 fully saturated rings.